The molecule has 0 radical (unpaired) electrons. The third-order valence-electron chi connectivity index (χ3n) is 2.08. The van der Waals surface area contributed by atoms with Crippen LogP contribution in [0.25, 0.3) is 0 Å². The quantitative estimate of drug-likeness (QED) is 0.745. The molecule has 1 heterocycles. The summed E-state index contributed by atoms with van der Waals surface area (Å²) in [6, 6.07) is 1.98. The maximum absolute atomic E-state index is 11.0. The Morgan fingerprint density at radius 1 is 1.33 bits per heavy atom. The first-order chi connectivity index (χ1) is 6.79. The molecule has 0 aliphatic rings. The molecular weight excluding hydrogens is 188 g/mol. The molecule has 0 amide bonds. The molecule has 0 bridgehead atoms. The van der Waals surface area contributed by atoms with Crippen LogP contribution in [0.3, 0.4) is 0 Å². The average Bonchev–Trinajstić information content (AvgIpc) is 1.99. The van der Waals surface area contributed by atoms with E-state index < -0.39 is 0 Å². The van der Waals surface area contributed by atoms with Crippen LogP contribution in [0.4, 0.5) is 0 Å². The van der Waals surface area contributed by atoms with Crippen molar-refractivity contribution in [2.24, 2.45) is 0 Å². The van der Waals surface area contributed by atoms with Crippen molar-refractivity contribution in [3.63, 3.8) is 0 Å². The van der Waals surface area contributed by atoms with Gasteiger partial charge in [0.05, 0.1) is 6.42 Å². The number of rotatable bonds is 2. The van der Waals surface area contributed by atoms with E-state index in [1.807, 2.05) is 13.0 Å². The van der Waals surface area contributed by atoms with Gasteiger partial charge >= 0.3 is 0 Å². The Balaban J connectivity index is 3.11. The molecule has 1 aromatic heterocycles. The number of carbonyl (C=O) groups is 1. The number of nitrogens with zero attached hydrogens (tertiary/aromatic N) is 2. The predicted octanol–water partition coefficient (Wildman–Crippen LogP) is 2.21. The van der Waals surface area contributed by atoms with Gasteiger partial charge in [0.25, 0.3) is 0 Å². The van der Waals surface area contributed by atoms with Crippen molar-refractivity contribution in [3.05, 3.63) is 23.3 Å². The van der Waals surface area contributed by atoms with Crippen molar-refractivity contribution >= 4 is 5.78 Å². The summed E-state index contributed by atoms with van der Waals surface area (Å²) in [5.41, 5.74) is 1.91. The Morgan fingerprint density at radius 3 is 2.40 bits per heavy atom. The molecular formula is C12H18N2O. The highest BCUT2D eigenvalue weighted by Crippen LogP contribution is 2.20. The van der Waals surface area contributed by atoms with E-state index in [1.54, 1.807) is 6.92 Å². The van der Waals surface area contributed by atoms with Gasteiger partial charge in [-0.15, -0.1) is 0 Å². The van der Waals surface area contributed by atoms with Crippen LogP contribution in [0.1, 0.15) is 44.9 Å². The summed E-state index contributed by atoms with van der Waals surface area (Å²) in [7, 11) is 0. The summed E-state index contributed by atoms with van der Waals surface area (Å²) >= 11 is 0. The standard InChI is InChI=1S/C12H18N2O/c1-8-6-10(12(3,4)5)14-11(13-8)7-9(2)15/h6H,7H2,1-5H3. The minimum atomic E-state index is -0.000755. The fourth-order valence-corrected chi connectivity index (χ4v) is 1.32. The molecule has 0 fully saturated rings. The van der Waals surface area contributed by atoms with Crippen molar-refractivity contribution in [2.75, 3.05) is 0 Å². The maximum Gasteiger partial charge on any atom is 0.137 e. The Labute approximate surface area is 91.0 Å². The first kappa shape index (κ1) is 11.8. The lowest BCUT2D eigenvalue weighted by Gasteiger charge is -2.18. The van der Waals surface area contributed by atoms with E-state index in [4.69, 9.17) is 0 Å². The Morgan fingerprint density at radius 2 is 1.93 bits per heavy atom. The average molecular weight is 206 g/mol. The van der Waals surface area contributed by atoms with Gasteiger partial charge in [0.15, 0.2) is 0 Å². The number of aryl methyl sites for hydroxylation is 1. The van der Waals surface area contributed by atoms with E-state index in [0.717, 1.165) is 11.4 Å². The van der Waals surface area contributed by atoms with Crippen LogP contribution in [-0.4, -0.2) is 15.8 Å². The summed E-state index contributed by atoms with van der Waals surface area (Å²) < 4.78 is 0. The second kappa shape index (κ2) is 4.09. The van der Waals surface area contributed by atoms with Gasteiger partial charge in [-0.3, -0.25) is 4.79 Å². The lowest BCUT2D eigenvalue weighted by Crippen LogP contribution is -2.17. The molecule has 0 unspecified atom stereocenters. The molecule has 1 aromatic rings. The second-order valence-corrected chi connectivity index (χ2v) is 4.94. The first-order valence-corrected chi connectivity index (χ1v) is 5.13. The zero-order valence-electron chi connectivity index (χ0n) is 10.1. The zero-order chi connectivity index (χ0) is 11.6. The fourth-order valence-electron chi connectivity index (χ4n) is 1.32. The molecule has 0 spiro atoms. The third-order valence-corrected chi connectivity index (χ3v) is 2.08. The highest BCUT2D eigenvalue weighted by Gasteiger charge is 2.17. The largest absolute Gasteiger partial charge is 0.300 e. The van der Waals surface area contributed by atoms with Crippen molar-refractivity contribution in [3.8, 4) is 0 Å². The van der Waals surface area contributed by atoms with Crippen molar-refractivity contribution < 1.29 is 4.79 Å². The van der Waals surface area contributed by atoms with Gasteiger partial charge in [0.1, 0.15) is 11.6 Å². The molecule has 1 rings (SSSR count). The monoisotopic (exact) mass is 206 g/mol. The number of hydrogen-bond acceptors (Lipinski definition) is 3. The van der Waals surface area contributed by atoms with E-state index in [1.165, 1.54) is 0 Å². The van der Waals surface area contributed by atoms with Crippen molar-refractivity contribution in [1.82, 2.24) is 9.97 Å². The summed E-state index contributed by atoms with van der Waals surface area (Å²) in [6.07, 6.45) is 0.324. The topological polar surface area (TPSA) is 42.9 Å². The maximum atomic E-state index is 11.0. The van der Waals surface area contributed by atoms with Crippen molar-refractivity contribution in [2.45, 2.75) is 46.5 Å². The van der Waals surface area contributed by atoms with E-state index in [2.05, 4.69) is 30.7 Å². The van der Waals surface area contributed by atoms with Crippen LogP contribution >= 0.6 is 0 Å². The molecule has 0 aromatic carbocycles. The van der Waals surface area contributed by atoms with Gasteiger partial charge < -0.3 is 0 Å². The number of carbonyl (C=O) groups excluding carboxylic acids is 1. The third kappa shape index (κ3) is 3.42. The van der Waals surface area contributed by atoms with Gasteiger partial charge in [-0.2, -0.15) is 0 Å². The van der Waals surface area contributed by atoms with Gasteiger partial charge in [-0.1, -0.05) is 20.8 Å². The Hall–Kier alpha value is -1.25. The van der Waals surface area contributed by atoms with Crippen LogP contribution < -0.4 is 0 Å². The zero-order valence-corrected chi connectivity index (χ0v) is 10.1. The smallest absolute Gasteiger partial charge is 0.137 e. The molecule has 3 heteroatoms. The van der Waals surface area contributed by atoms with Gasteiger partial charge in [0.2, 0.25) is 0 Å². The predicted molar refractivity (Wildman–Crippen MR) is 59.9 cm³/mol. The number of hydrogen-bond donors (Lipinski definition) is 0. The molecule has 0 aliphatic heterocycles. The molecule has 15 heavy (non-hydrogen) atoms. The summed E-state index contributed by atoms with van der Waals surface area (Å²) in [5.74, 6) is 0.730. The van der Waals surface area contributed by atoms with E-state index in [-0.39, 0.29) is 11.2 Å². The summed E-state index contributed by atoms with van der Waals surface area (Å²) in [6.45, 7) is 9.80. The highest BCUT2D eigenvalue weighted by atomic mass is 16.1. The second-order valence-electron chi connectivity index (χ2n) is 4.94. The number of ketones is 1. The van der Waals surface area contributed by atoms with Gasteiger partial charge in [-0.25, -0.2) is 9.97 Å². The van der Waals surface area contributed by atoms with Crippen LogP contribution in [0, 0.1) is 6.92 Å². The lowest BCUT2D eigenvalue weighted by molar-refractivity contribution is -0.116. The molecule has 0 aliphatic carbocycles. The molecule has 0 N–H and O–H groups in total. The normalized spacial score (nSPS) is 11.5. The fraction of sp³-hybridized carbons (Fsp3) is 0.583. The van der Waals surface area contributed by atoms with E-state index in [9.17, 15) is 4.79 Å². The Bertz CT molecular complexity index is 378. The van der Waals surface area contributed by atoms with Crippen LogP contribution in [-0.2, 0) is 16.6 Å². The molecule has 82 valence electrons. The highest BCUT2D eigenvalue weighted by molar-refractivity contribution is 5.77. The number of Topliss-reactive ketones (excluding diaryl/α,β-unsaturated/α-hetero) is 1. The first-order valence-electron chi connectivity index (χ1n) is 5.13. The summed E-state index contributed by atoms with van der Waals surface area (Å²) in [5, 5.41) is 0. The SMILES string of the molecule is CC(=O)Cc1nc(C)cc(C(C)(C)C)n1. The minimum Gasteiger partial charge on any atom is -0.300 e. The lowest BCUT2D eigenvalue weighted by atomic mass is 9.91. The summed E-state index contributed by atoms with van der Waals surface area (Å²) in [4.78, 5) is 19.7. The molecule has 0 saturated heterocycles. The van der Waals surface area contributed by atoms with E-state index >= 15 is 0 Å². The number of aromatic nitrogens is 2. The molecule has 3 nitrogen and oxygen atoms in total. The van der Waals surface area contributed by atoms with Gasteiger partial charge in [0, 0.05) is 16.8 Å². The van der Waals surface area contributed by atoms with Crippen LogP contribution in [0.15, 0.2) is 6.07 Å². The molecule has 0 atom stereocenters. The van der Waals surface area contributed by atoms with Crippen LogP contribution in [0.2, 0.25) is 0 Å². The van der Waals surface area contributed by atoms with Crippen molar-refractivity contribution in [1.29, 1.82) is 0 Å². The minimum absolute atomic E-state index is 0.000755. The van der Waals surface area contributed by atoms with E-state index in [0.29, 0.717) is 12.2 Å². The van der Waals surface area contributed by atoms with Crippen LogP contribution in [0.5, 0.6) is 0 Å². The Kier molecular flexibility index (Phi) is 3.22. The molecule has 0 saturated carbocycles. The van der Waals surface area contributed by atoms with Gasteiger partial charge in [-0.05, 0) is 19.9 Å².